The second-order valence-electron chi connectivity index (χ2n) is 9.15. The Morgan fingerprint density at radius 3 is 2.76 bits per heavy atom. The maximum Gasteiger partial charge on any atom is 0.318 e. The zero-order valence-corrected chi connectivity index (χ0v) is 21.8. The van der Waals surface area contributed by atoms with Gasteiger partial charge in [0.05, 0.1) is 30.7 Å². The number of halogens is 2. The van der Waals surface area contributed by atoms with Crippen LogP contribution < -0.4 is 9.64 Å². The predicted molar refractivity (Wildman–Crippen MR) is 147 cm³/mol. The first-order valence-corrected chi connectivity index (χ1v) is 12.5. The summed E-state index contributed by atoms with van der Waals surface area (Å²) in [6.45, 7) is 6.65. The molecule has 3 aromatic carbocycles. The lowest BCUT2D eigenvalue weighted by molar-refractivity contribution is -0.128. The number of hydrogen-bond donors (Lipinski definition) is 0. The maximum absolute atomic E-state index is 16.4. The van der Waals surface area contributed by atoms with Crippen LogP contribution in [0.15, 0.2) is 55.1 Å². The van der Waals surface area contributed by atoms with E-state index in [1.807, 2.05) is 48.2 Å². The standard InChI is InChI=1S/C29H25ClFN5O2/c1-4-23(37)36-14-13-35(16-19(36)11-12-32)28-21-15-22(30)25(26(31)27(21)33-29(34-28)38-3)20-10-6-9-18-8-5-7-17(2)24(18)20/h4-10,15,19H,1,11,13-14,16H2,2-3H3/t19-/m0/s1. The molecule has 7 nitrogen and oxygen atoms in total. The number of amides is 1. The van der Waals surface area contributed by atoms with E-state index < -0.39 is 5.82 Å². The van der Waals surface area contributed by atoms with Crippen LogP contribution in [0.2, 0.25) is 5.02 Å². The fourth-order valence-corrected chi connectivity index (χ4v) is 5.51. The second kappa shape index (κ2) is 10.3. The number of carbonyl (C=O) groups is 1. The van der Waals surface area contributed by atoms with E-state index in [1.165, 1.54) is 13.2 Å². The number of carbonyl (C=O) groups excluding carboxylic acids is 1. The van der Waals surface area contributed by atoms with Crippen LogP contribution in [0.25, 0.3) is 32.8 Å². The number of benzene rings is 3. The summed E-state index contributed by atoms with van der Waals surface area (Å²) in [4.78, 5) is 24.8. The molecule has 1 aliphatic heterocycles. The molecule has 1 amide bonds. The number of anilines is 1. The lowest BCUT2D eigenvalue weighted by Gasteiger charge is -2.41. The first kappa shape index (κ1) is 25.4. The number of fused-ring (bicyclic) bond motifs is 2. The Balaban J connectivity index is 1.68. The normalized spacial score (nSPS) is 15.5. The third-order valence-corrected chi connectivity index (χ3v) is 7.27. The van der Waals surface area contributed by atoms with Crippen molar-refractivity contribution in [3.05, 3.63) is 71.5 Å². The van der Waals surface area contributed by atoms with E-state index >= 15 is 4.39 Å². The highest BCUT2D eigenvalue weighted by molar-refractivity contribution is 6.35. The number of aryl methyl sites for hydroxylation is 1. The Morgan fingerprint density at radius 1 is 1.29 bits per heavy atom. The highest BCUT2D eigenvalue weighted by Crippen LogP contribution is 2.42. The van der Waals surface area contributed by atoms with Crippen molar-refractivity contribution in [3.63, 3.8) is 0 Å². The van der Waals surface area contributed by atoms with Gasteiger partial charge in [-0.05, 0) is 41.0 Å². The quantitative estimate of drug-likeness (QED) is 0.309. The van der Waals surface area contributed by atoms with E-state index in [2.05, 4.69) is 22.6 Å². The monoisotopic (exact) mass is 529 g/mol. The number of hydrogen-bond acceptors (Lipinski definition) is 6. The van der Waals surface area contributed by atoms with Crippen molar-refractivity contribution in [1.29, 1.82) is 5.26 Å². The van der Waals surface area contributed by atoms with Gasteiger partial charge in [-0.3, -0.25) is 4.79 Å². The molecule has 0 saturated carbocycles. The Morgan fingerprint density at radius 2 is 2.05 bits per heavy atom. The molecule has 0 N–H and O–H groups in total. The average Bonchev–Trinajstić information content (AvgIpc) is 2.92. The molecule has 0 radical (unpaired) electrons. The summed E-state index contributed by atoms with van der Waals surface area (Å²) in [6, 6.07) is 15.1. The molecular weight excluding hydrogens is 505 g/mol. The van der Waals surface area contributed by atoms with Gasteiger partial charge in [-0.25, -0.2) is 4.39 Å². The van der Waals surface area contributed by atoms with E-state index in [-0.39, 0.29) is 40.5 Å². The minimum atomic E-state index is -0.570. The molecule has 5 rings (SSSR count). The molecular formula is C29H25ClFN5O2. The first-order valence-electron chi connectivity index (χ1n) is 12.1. The molecule has 1 atom stereocenters. The largest absolute Gasteiger partial charge is 0.467 e. The molecule has 0 spiro atoms. The Labute approximate surface area is 224 Å². The number of aromatic nitrogens is 2. The van der Waals surface area contributed by atoms with Gasteiger partial charge in [-0.1, -0.05) is 54.6 Å². The van der Waals surface area contributed by atoms with Crippen LogP contribution in [0.5, 0.6) is 6.01 Å². The van der Waals surface area contributed by atoms with Gasteiger partial charge in [0, 0.05) is 30.6 Å². The molecule has 4 aromatic rings. The third-order valence-electron chi connectivity index (χ3n) is 6.97. The second-order valence-corrected chi connectivity index (χ2v) is 9.56. The van der Waals surface area contributed by atoms with E-state index in [0.717, 1.165) is 16.3 Å². The molecule has 1 saturated heterocycles. The molecule has 0 bridgehead atoms. The summed E-state index contributed by atoms with van der Waals surface area (Å²) < 4.78 is 21.7. The van der Waals surface area contributed by atoms with Crippen LogP contribution in [0.3, 0.4) is 0 Å². The summed E-state index contributed by atoms with van der Waals surface area (Å²) in [7, 11) is 1.42. The van der Waals surface area contributed by atoms with Gasteiger partial charge < -0.3 is 14.5 Å². The molecule has 2 heterocycles. The molecule has 0 unspecified atom stereocenters. The lowest BCUT2D eigenvalue weighted by Crippen LogP contribution is -2.55. The molecule has 192 valence electrons. The summed E-state index contributed by atoms with van der Waals surface area (Å²) >= 11 is 6.79. The van der Waals surface area contributed by atoms with Gasteiger partial charge in [-0.2, -0.15) is 15.2 Å². The minimum Gasteiger partial charge on any atom is -0.467 e. The van der Waals surface area contributed by atoms with Crippen LogP contribution in [0, 0.1) is 24.1 Å². The van der Waals surface area contributed by atoms with Crippen LogP contribution in [0.1, 0.15) is 12.0 Å². The smallest absolute Gasteiger partial charge is 0.318 e. The number of ether oxygens (including phenoxy) is 1. The molecule has 1 fully saturated rings. The first-order chi connectivity index (χ1) is 18.4. The maximum atomic E-state index is 16.4. The number of piperazine rings is 1. The molecule has 9 heteroatoms. The van der Waals surface area contributed by atoms with Gasteiger partial charge in [0.2, 0.25) is 5.91 Å². The topological polar surface area (TPSA) is 82.3 Å². The van der Waals surface area contributed by atoms with Crippen molar-refractivity contribution in [3.8, 4) is 23.2 Å². The van der Waals surface area contributed by atoms with Gasteiger partial charge in [0.25, 0.3) is 0 Å². The number of methoxy groups -OCH3 is 1. The molecule has 1 aliphatic rings. The van der Waals surface area contributed by atoms with E-state index in [4.69, 9.17) is 16.3 Å². The highest BCUT2D eigenvalue weighted by atomic mass is 35.5. The van der Waals surface area contributed by atoms with Crippen molar-refractivity contribution < 1.29 is 13.9 Å². The summed E-state index contributed by atoms with van der Waals surface area (Å²) in [5.41, 5.74) is 2.02. The number of nitrogens with zero attached hydrogens (tertiary/aromatic N) is 5. The Hall–Kier alpha value is -4.22. The molecule has 38 heavy (non-hydrogen) atoms. The SMILES string of the molecule is C=CC(=O)N1CCN(c2nc(OC)nc3c(F)c(-c4cccc5cccc(C)c45)c(Cl)cc23)C[C@@H]1CC#N. The Kier molecular flexibility index (Phi) is 6.87. The van der Waals surface area contributed by atoms with Crippen LogP contribution in [-0.2, 0) is 4.79 Å². The zero-order chi connectivity index (χ0) is 27.0. The zero-order valence-electron chi connectivity index (χ0n) is 21.0. The van der Waals surface area contributed by atoms with E-state index in [9.17, 15) is 10.1 Å². The minimum absolute atomic E-state index is 0.00945. The predicted octanol–water partition coefficient (Wildman–Crippen LogP) is 5.68. The van der Waals surface area contributed by atoms with Gasteiger partial charge in [-0.15, -0.1) is 0 Å². The summed E-state index contributed by atoms with van der Waals surface area (Å²) in [5.74, 6) is -0.375. The van der Waals surface area contributed by atoms with Gasteiger partial charge in [0.15, 0.2) is 5.82 Å². The Bertz CT molecular complexity index is 1630. The van der Waals surface area contributed by atoms with Gasteiger partial charge >= 0.3 is 6.01 Å². The van der Waals surface area contributed by atoms with Crippen LogP contribution in [-0.4, -0.2) is 53.6 Å². The molecule has 0 aliphatic carbocycles. The van der Waals surface area contributed by atoms with E-state index in [0.29, 0.717) is 36.4 Å². The van der Waals surface area contributed by atoms with E-state index in [1.54, 1.807) is 11.0 Å². The van der Waals surface area contributed by atoms with Gasteiger partial charge in [0.1, 0.15) is 11.3 Å². The number of rotatable bonds is 5. The third kappa shape index (κ3) is 4.29. The number of nitriles is 1. The van der Waals surface area contributed by atoms with Crippen molar-refractivity contribution in [2.75, 3.05) is 31.6 Å². The molecule has 1 aromatic heterocycles. The fraction of sp³-hybridized carbons (Fsp3) is 0.241. The summed E-state index contributed by atoms with van der Waals surface area (Å²) in [5, 5.41) is 11.9. The average molecular weight is 530 g/mol. The van der Waals surface area contributed by atoms with Crippen molar-refractivity contribution in [2.24, 2.45) is 0 Å². The summed E-state index contributed by atoms with van der Waals surface area (Å²) in [6.07, 6.45) is 1.38. The van der Waals surface area contributed by atoms with Crippen LogP contribution in [0.4, 0.5) is 10.2 Å². The van der Waals surface area contributed by atoms with Crippen molar-refractivity contribution in [2.45, 2.75) is 19.4 Å². The fourth-order valence-electron chi connectivity index (χ4n) is 5.21. The highest BCUT2D eigenvalue weighted by Gasteiger charge is 2.32. The van der Waals surface area contributed by atoms with Crippen molar-refractivity contribution in [1.82, 2.24) is 14.9 Å². The van der Waals surface area contributed by atoms with Crippen LogP contribution >= 0.6 is 11.6 Å². The lowest BCUT2D eigenvalue weighted by atomic mass is 9.94. The van der Waals surface area contributed by atoms with Crippen molar-refractivity contribution >= 4 is 45.0 Å².